The zero-order valence-electron chi connectivity index (χ0n) is 11.5. The largest absolute Gasteiger partial charge is 0.361 e. The van der Waals surface area contributed by atoms with Crippen LogP contribution in [-0.4, -0.2) is 19.9 Å². The molecule has 0 amide bonds. The predicted molar refractivity (Wildman–Crippen MR) is 85.7 cm³/mol. The lowest BCUT2D eigenvalue weighted by atomic mass is 10.1. The van der Waals surface area contributed by atoms with Crippen LogP contribution >= 0.6 is 0 Å². The second-order valence-corrected chi connectivity index (χ2v) is 4.92. The molecule has 104 valence electrons. The molecule has 0 saturated heterocycles. The quantitative estimate of drug-likeness (QED) is 0.553. The first-order valence-corrected chi connectivity index (χ1v) is 6.84. The second kappa shape index (κ2) is 4.86. The molecular weight excluding hydrogens is 274 g/mol. The summed E-state index contributed by atoms with van der Waals surface area (Å²) in [5, 5.41) is 10.5. The van der Waals surface area contributed by atoms with Gasteiger partial charge in [0.05, 0.1) is 11.1 Å². The Morgan fingerprint density at radius 1 is 1.14 bits per heavy atom. The van der Waals surface area contributed by atoms with E-state index in [-0.39, 0.29) is 0 Å². The Kier molecular flexibility index (Phi) is 2.73. The molecule has 1 aromatic carbocycles. The van der Waals surface area contributed by atoms with Gasteiger partial charge in [-0.3, -0.25) is 0 Å². The minimum atomic E-state index is 0.475. The number of aromatic nitrogens is 4. The molecule has 4 rings (SSSR count). The Labute approximate surface area is 126 Å². The van der Waals surface area contributed by atoms with Crippen molar-refractivity contribution in [3.63, 3.8) is 0 Å². The molecule has 22 heavy (non-hydrogen) atoms. The second-order valence-electron chi connectivity index (χ2n) is 4.92. The molecule has 0 radical (unpaired) electrons. The van der Waals surface area contributed by atoms with Gasteiger partial charge < -0.3 is 9.97 Å². The molecule has 0 unspecified atom stereocenters. The topological polar surface area (TPSA) is 81.2 Å². The van der Waals surface area contributed by atoms with E-state index < -0.39 is 0 Å². The smallest absolute Gasteiger partial charge is 0.178 e. The zero-order valence-corrected chi connectivity index (χ0v) is 11.5. The fourth-order valence-electron chi connectivity index (χ4n) is 2.50. The van der Waals surface area contributed by atoms with Gasteiger partial charge in [-0.15, -0.1) is 0 Å². The van der Waals surface area contributed by atoms with Crippen molar-refractivity contribution in [2.75, 3.05) is 0 Å². The average Bonchev–Trinajstić information content (AvgIpc) is 3.16. The van der Waals surface area contributed by atoms with Crippen LogP contribution in [0.25, 0.3) is 33.7 Å². The number of nitriles is 1. The third-order valence-electron chi connectivity index (χ3n) is 3.55. The van der Waals surface area contributed by atoms with Crippen molar-refractivity contribution in [1.29, 1.82) is 5.26 Å². The molecule has 5 nitrogen and oxygen atoms in total. The Morgan fingerprint density at radius 3 is 2.86 bits per heavy atom. The highest BCUT2D eigenvalue weighted by molar-refractivity contribution is 5.97. The van der Waals surface area contributed by atoms with Crippen molar-refractivity contribution >= 4 is 33.7 Å². The number of nitrogens with one attached hydrogen (secondary N) is 2. The number of para-hydroxylation sites is 1. The van der Waals surface area contributed by atoms with Crippen LogP contribution in [0.15, 0.2) is 48.8 Å². The number of benzene rings is 1. The van der Waals surface area contributed by atoms with E-state index in [9.17, 15) is 5.26 Å². The molecule has 4 aromatic rings. The van der Waals surface area contributed by atoms with E-state index in [0.29, 0.717) is 17.0 Å². The predicted octanol–water partition coefficient (Wildman–Crippen LogP) is 3.50. The van der Waals surface area contributed by atoms with Crippen molar-refractivity contribution in [3.05, 3.63) is 60.2 Å². The number of hydrogen-bond donors (Lipinski definition) is 2. The van der Waals surface area contributed by atoms with Gasteiger partial charge in [-0.2, -0.15) is 5.26 Å². The van der Waals surface area contributed by atoms with Gasteiger partial charge >= 0.3 is 0 Å². The lowest BCUT2D eigenvalue weighted by Gasteiger charge is -1.94. The summed E-state index contributed by atoms with van der Waals surface area (Å²) in [5.41, 5.74) is 3.90. The average molecular weight is 285 g/mol. The number of pyridine rings is 1. The van der Waals surface area contributed by atoms with E-state index in [1.807, 2.05) is 48.7 Å². The molecule has 5 heteroatoms. The van der Waals surface area contributed by atoms with Gasteiger partial charge in [0.2, 0.25) is 0 Å². The molecule has 0 aliphatic carbocycles. The van der Waals surface area contributed by atoms with E-state index in [2.05, 4.69) is 26.0 Å². The first-order valence-electron chi connectivity index (χ1n) is 6.84. The molecule has 0 aliphatic heterocycles. The number of rotatable bonds is 2. The van der Waals surface area contributed by atoms with Gasteiger partial charge in [0.15, 0.2) is 11.5 Å². The van der Waals surface area contributed by atoms with Crippen molar-refractivity contribution < 1.29 is 0 Å². The Bertz CT molecular complexity index is 1010. The van der Waals surface area contributed by atoms with E-state index >= 15 is 0 Å². The Hall–Kier alpha value is -3.39. The lowest BCUT2D eigenvalue weighted by Crippen LogP contribution is -1.84. The molecule has 0 aliphatic rings. The van der Waals surface area contributed by atoms with Gasteiger partial charge in [-0.25, -0.2) is 9.97 Å². The van der Waals surface area contributed by atoms with Crippen LogP contribution in [0.1, 0.15) is 11.4 Å². The highest BCUT2D eigenvalue weighted by Gasteiger charge is 2.09. The van der Waals surface area contributed by atoms with Crippen LogP contribution in [0.4, 0.5) is 0 Å². The van der Waals surface area contributed by atoms with Crippen LogP contribution in [0.5, 0.6) is 0 Å². The van der Waals surface area contributed by atoms with Gasteiger partial charge in [0.1, 0.15) is 6.07 Å². The fourth-order valence-corrected chi connectivity index (χ4v) is 2.50. The zero-order chi connectivity index (χ0) is 14.9. The van der Waals surface area contributed by atoms with Gasteiger partial charge in [-0.1, -0.05) is 18.2 Å². The summed E-state index contributed by atoms with van der Waals surface area (Å²) in [4.78, 5) is 14.9. The van der Waals surface area contributed by atoms with Gasteiger partial charge in [0, 0.05) is 28.9 Å². The van der Waals surface area contributed by atoms with Crippen molar-refractivity contribution in [3.8, 4) is 6.07 Å². The first kappa shape index (κ1) is 12.4. The van der Waals surface area contributed by atoms with E-state index in [1.165, 1.54) is 0 Å². The summed E-state index contributed by atoms with van der Waals surface area (Å²) < 4.78 is 0. The monoisotopic (exact) mass is 285 g/mol. The van der Waals surface area contributed by atoms with Crippen LogP contribution < -0.4 is 0 Å². The molecule has 0 fully saturated rings. The summed E-state index contributed by atoms with van der Waals surface area (Å²) in [6.07, 6.45) is 5.40. The Morgan fingerprint density at radius 2 is 2.00 bits per heavy atom. The van der Waals surface area contributed by atoms with Gasteiger partial charge in [0.25, 0.3) is 0 Å². The van der Waals surface area contributed by atoms with Crippen molar-refractivity contribution in [2.45, 2.75) is 0 Å². The minimum Gasteiger partial charge on any atom is -0.361 e. The summed E-state index contributed by atoms with van der Waals surface area (Å²) in [5.74, 6) is 0.529. The number of nitrogens with zero attached hydrogens (tertiary/aromatic N) is 3. The van der Waals surface area contributed by atoms with E-state index in [1.54, 1.807) is 6.20 Å². The maximum Gasteiger partial charge on any atom is 0.178 e. The molecule has 3 aromatic heterocycles. The number of H-pyrrole nitrogens is 2. The van der Waals surface area contributed by atoms with Crippen LogP contribution in [-0.2, 0) is 0 Å². The molecule has 3 heterocycles. The Balaban J connectivity index is 1.86. The molecular formula is C17H11N5. The summed E-state index contributed by atoms with van der Waals surface area (Å²) >= 11 is 0. The standard InChI is InChI=1S/C17H11N5/c18-9-11(16-21-15-6-3-7-19-17(15)22-16)8-12-10-20-14-5-2-1-4-13(12)14/h1-8,10,20H,(H,19,21,22)/b11-8+. The maximum absolute atomic E-state index is 9.47. The fraction of sp³-hybridized carbons (Fsp3) is 0. The normalized spacial score (nSPS) is 11.9. The number of imidazole rings is 1. The SMILES string of the molecule is N#C/C(=C\c1c[nH]c2ccccc12)c1nc2ncccc2[nH]1. The molecule has 0 atom stereocenters. The lowest BCUT2D eigenvalue weighted by molar-refractivity contribution is 1.25. The highest BCUT2D eigenvalue weighted by atomic mass is 15.0. The maximum atomic E-state index is 9.47. The van der Waals surface area contributed by atoms with Crippen LogP contribution in [0.3, 0.4) is 0 Å². The summed E-state index contributed by atoms with van der Waals surface area (Å²) in [6, 6.07) is 13.9. The van der Waals surface area contributed by atoms with Crippen LogP contribution in [0, 0.1) is 11.3 Å². The van der Waals surface area contributed by atoms with Crippen molar-refractivity contribution in [2.24, 2.45) is 0 Å². The summed E-state index contributed by atoms with van der Waals surface area (Å²) in [7, 11) is 0. The first-order chi connectivity index (χ1) is 10.8. The third kappa shape index (κ3) is 1.95. The molecule has 0 saturated carbocycles. The van der Waals surface area contributed by atoms with E-state index in [0.717, 1.165) is 22.0 Å². The number of aromatic amines is 2. The third-order valence-corrected chi connectivity index (χ3v) is 3.55. The molecule has 0 bridgehead atoms. The number of hydrogen-bond acceptors (Lipinski definition) is 3. The van der Waals surface area contributed by atoms with Gasteiger partial charge in [-0.05, 0) is 24.3 Å². The highest BCUT2D eigenvalue weighted by Crippen LogP contribution is 2.23. The van der Waals surface area contributed by atoms with Crippen molar-refractivity contribution in [1.82, 2.24) is 19.9 Å². The number of fused-ring (bicyclic) bond motifs is 2. The number of allylic oxidation sites excluding steroid dienone is 1. The summed E-state index contributed by atoms with van der Waals surface area (Å²) in [6.45, 7) is 0. The molecule has 0 spiro atoms. The van der Waals surface area contributed by atoms with Crippen LogP contribution in [0.2, 0.25) is 0 Å². The minimum absolute atomic E-state index is 0.475. The molecule has 2 N–H and O–H groups in total. The van der Waals surface area contributed by atoms with E-state index in [4.69, 9.17) is 0 Å².